The minimum Gasteiger partial charge on any atom is -0.479 e. The Morgan fingerprint density at radius 3 is 2.50 bits per heavy atom. The van der Waals surface area contributed by atoms with Gasteiger partial charge in [-0.15, -0.1) is 0 Å². The fourth-order valence-corrected chi connectivity index (χ4v) is 0.412. The van der Waals surface area contributed by atoms with Crippen molar-refractivity contribution in [3.8, 4) is 0 Å². The molecule has 10 heavy (non-hydrogen) atoms. The number of aliphatic hydroxyl groups is 1. The lowest BCUT2D eigenvalue weighted by Crippen LogP contribution is -2.41. The lowest BCUT2D eigenvalue weighted by Gasteiger charge is -2.12. The summed E-state index contributed by atoms with van der Waals surface area (Å²) in [7, 11) is 0. The largest absolute Gasteiger partial charge is 0.479 e. The molecule has 0 fully saturated rings. The minimum atomic E-state index is -1.54. The minimum absolute atomic E-state index is 0.344. The Kier molecular flexibility index (Phi) is 3.42. The number of carboxylic acid groups (broad SMARTS) is 1. The summed E-state index contributed by atoms with van der Waals surface area (Å²) < 4.78 is 0. The molecule has 0 rings (SSSR count). The molecule has 1 amide bonds. The van der Waals surface area contributed by atoms with Crippen LogP contribution in [0, 0.1) is 0 Å². The standard InChI is InChI=1S/C5H9NO4/c1-3(6-2-7)4(8)5(9)10/h2-4,8H,1H3,(H,6,7)(H,9,10)/t3-,4-/m0/s1. The van der Waals surface area contributed by atoms with Crippen LogP contribution >= 0.6 is 0 Å². The Morgan fingerprint density at radius 1 is 1.70 bits per heavy atom. The van der Waals surface area contributed by atoms with Crippen molar-refractivity contribution in [1.82, 2.24) is 5.32 Å². The Labute approximate surface area is 57.7 Å². The highest BCUT2D eigenvalue weighted by Gasteiger charge is 2.20. The van der Waals surface area contributed by atoms with Crippen molar-refractivity contribution in [2.24, 2.45) is 0 Å². The van der Waals surface area contributed by atoms with Gasteiger partial charge in [0.2, 0.25) is 6.41 Å². The van der Waals surface area contributed by atoms with E-state index in [1.54, 1.807) is 0 Å². The highest BCUT2D eigenvalue weighted by Crippen LogP contribution is 1.90. The molecule has 0 aliphatic heterocycles. The van der Waals surface area contributed by atoms with Gasteiger partial charge in [0.1, 0.15) is 0 Å². The van der Waals surface area contributed by atoms with Gasteiger partial charge >= 0.3 is 5.97 Å². The normalized spacial score (nSPS) is 15.4. The molecule has 5 nitrogen and oxygen atoms in total. The summed E-state index contributed by atoms with van der Waals surface area (Å²) in [6.07, 6.45) is -1.19. The zero-order chi connectivity index (χ0) is 8.15. The van der Waals surface area contributed by atoms with E-state index < -0.39 is 18.1 Å². The summed E-state index contributed by atoms with van der Waals surface area (Å²) in [5.41, 5.74) is 0. The molecule has 0 radical (unpaired) electrons. The Balaban J connectivity index is 3.80. The van der Waals surface area contributed by atoms with E-state index in [0.717, 1.165) is 0 Å². The second-order valence-corrected chi connectivity index (χ2v) is 1.86. The average molecular weight is 147 g/mol. The van der Waals surface area contributed by atoms with E-state index in [0.29, 0.717) is 6.41 Å². The van der Waals surface area contributed by atoms with Gasteiger partial charge in [0, 0.05) is 0 Å². The third-order valence-corrected chi connectivity index (χ3v) is 1.06. The maximum Gasteiger partial charge on any atom is 0.334 e. The molecule has 5 heteroatoms. The lowest BCUT2D eigenvalue weighted by molar-refractivity contribution is -0.148. The van der Waals surface area contributed by atoms with Crippen LogP contribution in [0.25, 0.3) is 0 Å². The van der Waals surface area contributed by atoms with Crippen LogP contribution in [0.1, 0.15) is 6.92 Å². The lowest BCUT2D eigenvalue weighted by atomic mass is 10.2. The number of hydrogen-bond donors (Lipinski definition) is 3. The van der Waals surface area contributed by atoms with Crippen LogP contribution in [0.3, 0.4) is 0 Å². The Bertz CT molecular complexity index is 136. The highest BCUT2D eigenvalue weighted by molar-refractivity contribution is 5.73. The molecule has 0 saturated carbocycles. The number of hydrogen-bond acceptors (Lipinski definition) is 3. The number of carboxylic acids is 1. The molecule has 0 unspecified atom stereocenters. The number of amides is 1. The number of rotatable bonds is 4. The molecular weight excluding hydrogens is 138 g/mol. The molecule has 0 aromatic carbocycles. The summed E-state index contributed by atoms with van der Waals surface area (Å²) in [5.74, 6) is -1.35. The first-order valence-electron chi connectivity index (χ1n) is 2.70. The summed E-state index contributed by atoms with van der Waals surface area (Å²) in [6, 6.07) is -0.755. The maximum atomic E-state index is 10.0. The van der Waals surface area contributed by atoms with Gasteiger partial charge in [0.25, 0.3) is 0 Å². The van der Waals surface area contributed by atoms with Crippen molar-refractivity contribution < 1.29 is 19.8 Å². The van der Waals surface area contributed by atoms with E-state index in [9.17, 15) is 9.59 Å². The number of carbonyl (C=O) groups is 2. The zero-order valence-corrected chi connectivity index (χ0v) is 5.44. The van der Waals surface area contributed by atoms with Crippen LogP contribution in [0.5, 0.6) is 0 Å². The van der Waals surface area contributed by atoms with Crippen molar-refractivity contribution in [3.05, 3.63) is 0 Å². The highest BCUT2D eigenvalue weighted by atomic mass is 16.4. The molecule has 0 aromatic rings. The smallest absolute Gasteiger partial charge is 0.334 e. The number of aliphatic hydroxyl groups excluding tert-OH is 1. The van der Waals surface area contributed by atoms with Crippen LogP contribution in [-0.2, 0) is 9.59 Å². The van der Waals surface area contributed by atoms with E-state index in [2.05, 4.69) is 5.32 Å². The van der Waals surface area contributed by atoms with Gasteiger partial charge in [-0.05, 0) is 6.92 Å². The summed E-state index contributed by atoms with van der Waals surface area (Å²) >= 11 is 0. The van der Waals surface area contributed by atoms with Gasteiger partial charge < -0.3 is 15.5 Å². The third-order valence-electron chi connectivity index (χ3n) is 1.06. The van der Waals surface area contributed by atoms with Gasteiger partial charge in [0.15, 0.2) is 6.10 Å². The second kappa shape index (κ2) is 3.84. The molecular formula is C5H9NO4. The SMILES string of the molecule is C[C@H](NC=O)[C@H](O)C(=O)O. The third kappa shape index (κ3) is 2.45. The van der Waals surface area contributed by atoms with Gasteiger partial charge in [-0.2, -0.15) is 0 Å². The van der Waals surface area contributed by atoms with Crippen LogP contribution in [0.15, 0.2) is 0 Å². The topological polar surface area (TPSA) is 86.6 Å². The molecule has 0 aliphatic rings. The van der Waals surface area contributed by atoms with Crippen molar-refractivity contribution in [2.75, 3.05) is 0 Å². The Morgan fingerprint density at radius 2 is 2.20 bits per heavy atom. The van der Waals surface area contributed by atoms with Crippen molar-refractivity contribution in [1.29, 1.82) is 0 Å². The monoisotopic (exact) mass is 147 g/mol. The van der Waals surface area contributed by atoms with Gasteiger partial charge in [-0.1, -0.05) is 0 Å². The second-order valence-electron chi connectivity index (χ2n) is 1.86. The molecule has 58 valence electrons. The molecule has 0 bridgehead atoms. The summed E-state index contributed by atoms with van der Waals surface area (Å²) in [5, 5.41) is 19.0. The van der Waals surface area contributed by atoms with Crippen molar-refractivity contribution >= 4 is 12.4 Å². The van der Waals surface area contributed by atoms with Crippen LogP contribution < -0.4 is 5.32 Å². The van der Waals surface area contributed by atoms with Crippen molar-refractivity contribution in [3.63, 3.8) is 0 Å². The summed E-state index contributed by atoms with van der Waals surface area (Å²) in [4.78, 5) is 19.7. The fraction of sp³-hybridized carbons (Fsp3) is 0.600. The van der Waals surface area contributed by atoms with E-state index in [4.69, 9.17) is 10.2 Å². The molecule has 0 saturated heterocycles. The fourth-order valence-electron chi connectivity index (χ4n) is 0.412. The number of carbonyl (C=O) groups excluding carboxylic acids is 1. The van der Waals surface area contributed by atoms with Crippen LogP contribution in [0.4, 0.5) is 0 Å². The molecule has 0 spiro atoms. The molecule has 0 aliphatic carbocycles. The molecule has 2 atom stereocenters. The Hall–Kier alpha value is -1.10. The van der Waals surface area contributed by atoms with E-state index in [1.165, 1.54) is 6.92 Å². The zero-order valence-electron chi connectivity index (χ0n) is 5.44. The van der Waals surface area contributed by atoms with Gasteiger partial charge in [-0.3, -0.25) is 4.79 Å². The molecule has 0 aromatic heterocycles. The number of nitrogens with one attached hydrogen (secondary N) is 1. The van der Waals surface area contributed by atoms with E-state index >= 15 is 0 Å². The van der Waals surface area contributed by atoms with E-state index in [1.807, 2.05) is 0 Å². The predicted octanol–water partition coefficient (Wildman–Crippen LogP) is -1.43. The first-order chi connectivity index (χ1) is 4.59. The quantitative estimate of drug-likeness (QED) is 0.425. The first kappa shape index (κ1) is 8.90. The molecule has 3 N–H and O–H groups in total. The summed E-state index contributed by atoms with van der Waals surface area (Å²) in [6.45, 7) is 1.40. The average Bonchev–Trinajstić information content (AvgIpc) is 1.87. The first-order valence-corrected chi connectivity index (χ1v) is 2.70. The van der Waals surface area contributed by atoms with E-state index in [-0.39, 0.29) is 0 Å². The predicted molar refractivity (Wildman–Crippen MR) is 32.3 cm³/mol. The van der Waals surface area contributed by atoms with Crippen LogP contribution in [0.2, 0.25) is 0 Å². The number of aliphatic carboxylic acids is 1. The van der Waals surface area contributed by atoms with Gasteiger partial charge in [-0.25, -0.2) is 4.79 Å². The maximum absolute atomic E-state index is 10.0. The van der Waals surface area contributed by atoms with Crippen molar-refractivity contribution in [2.45, 2.75) is 19.1 Å². The van der Waals surface area contributed by atoms with Crippen LogP contribution in [-0.4, -0.2) is 34.7 Å². The molecule has 0 heterocycles. The van der Waals surface area contributed by atoms with Gasteiger partial charge in [0.05, 0.1) is 6.04 Å².